The normalized spacial score (nSPS) is 12.9. The van der Waals surface area contributed by atoms with E-state index in [4.69, 9.17) is 9.47 Å². The van der Waals surface area contributed by atoms with Crippen LogP contribution in [-0.2, 0) is 12.5 Å². The number of hydrogen-bond acceptors (Lipinski definition) is 7. The number of aromatic nitrogens is 3. The fourth-order valence-electron chi connectivity index (χ4n) is 4.38. The van der Waals surface area contributed by atoms with Gasteiger partial charge in [0.1, 0.15) is 23.2 Å². The first kappa shape index (κ1) is 26.3. The summed E-state index contributed by atoms with van der Waals surface area (Å²) in [4.78, 5) is 31.6. The summed E-state index contributed by atoms with van der Waals surface area (Å²) >= 11 is 0. The van der Waals surface area contributed by atoms with Gasteiger partial charge in [-0.2, -0.15) is 19.1 Å². The summed E-state index contributed by atoms with van der Waals surface area (Å²) in [6.45, 7) is 0.571. The smallest absolute Gasteiger partial charge is 0.315 e. The van der Waals surface area contributed by atoms with Gasteiger partial charge in [0.05, 0.1) is 38.2 Å². The van der Waals surface area contributed by atoms with Gasteiger partial charge >= 0.3 is 5.92 Å². The van der Waals surface area contributed by atoms with E-state index in [2.05, 4.69) is 15.4 Å². The lowest BCUT2D eigenvalue weighted by Gasteiger charge is -2.28. The van der Waals surface area contributed by atoms with Gasteiger partial charge in [-0.1, -0.05) is 18.2 Å². The quantitative estimate of drug-likeness (QED) is 0.370. The van der Waals surface area contributed by atoms with Crippen molar-refractivity contribution in [2.45, 2.75) is 12.5 Å². The maximum atomic E-state index is 15.1. The maximum Gasteiger partial charge on any atom is 0.315 e. The van der Waals surface area contributed by atoms with Crippen molar-refractivity contribution >= 4 is 23.2 Å². The van der Waals surface area contributed by atoms with Crippen LogP contribution in [0.3, 0.4) is 0 Å². The number of nitrogens with one attached hydrogen (secondary N) is 1. The van der Waals surface area contributed by atoms with Crippen LogP contribution in [-0.4, -0.2) is 47.3 Å². The first-order valence-corrected chi connectivity index (χ1v) is 12.0. The molecule has 0 bridgehead atoms. The Morgan fingerprint density at radius 2 is 1.85 bits per heavy atom. The Morgan fingerprint density at radius 1 is 1.07 bits per heavy atom. The molecule has 0 spiro atoms. The van der Waals surface area contributed by atoms with Crippen LogP contribution < -0.4 is 19.7 Å². The number of methoxy groups -OCH3 is 2. The number of benzene rings is 2. The molecular weight excluding hydrogens is 522 g/mol. The number of hydrogen-bond donors (Lipinski definition) is 1. The van der Waals surface area contributed by atoms with Crippen LogP contribution in [0.25, 0.3) is 0 Å². The second kappa shape index (κ2) is 10.5. The number of carbonyl (C=O) groups excluding carboxylic acids is 2. The Bertz CT molecular complexity index is 1650. The number of alkyl halides is 2. The minimum atomic E-state index is -3.39. The van der Waals surface area contributed by atoms with E-state index in [1.54, 1.807) is 0 Å². The third-order valence-electron chi connectivity index (χ3n) is 6.45. The van der Waals surface area contributed by atoms with Gasteiger partial charge in [-0.3, -0.25) is 14.3 Å². The number of pyridine rings is 1. The Balaban J connectivity index is 1.37. The summed E-state index contributed by atoms with van der Waals surface area (Å²) in [6.07, 6.45) is 1.37. The molecule has 0 saturated carbocycles. The fraction of sp³-hybridized carbons (Fsp3) is 0.179. The van der Waals surface area contributed by atoms with Gasteiger partial charge in [0.2, 0.25) is 5.88 Å². The van der Waals surface area contributed by atoms with E-state index in [9.17, 15) is 14.9 Å². The average Bonchev–Trinajstić information content (AvgIpc) is 3.40. The molecule has 1 N–H and O–H groups in total. The molecule has 5 rings (SSSR count). The summed E-state index contributed by atoms with van der Waals surface area (Å²) < 4.78 is 41.8. The minimum absolute atomic E-state index is 0.0738. The molecule has 2 aromatic heterocycles. The highest BCUT2D eigenvalue weighted by Gasteiger charge is 2.37. The van der Waals surface area contributed by atoms with Crippen LogP contribution in [0.4, 0.5) is 20.2 Å². The molecule has 12 heteroatoms. The number of amides is 2. The maximum absolute atomic E-state index is 15.1. The van der Waals surface area contributed by atoms with Crippen LogP contribution in [0.5, 0.6) is 11.6 Å². The van der Waals surface area contributed by atoms with Crippen molar-refractivity contribution in [3.05, 3.63) is 94.9 Å². The van der Waals surface area contributed by atoms with E-state index in [1.165, 1.54) is 90.7 Å². The van der Waals surface area contributed by atoms with Gasteiger partial charge < -0.3 is 19.7 Å². The molecule has 0 radical (unpaired) electrons. The lowest BCUT2D eigenvalue weighted by Crippen LogP contribution is -2.41. The number of ether oxygens (including phenoxy) is 2. The lowest BCUT2D eigenvalue weighted by atomic mass is 10.0. The van der Waals surface area contributed by atoms with Crippen molar-refractivity contribution < 1.29 is 27.8 Å². The minimum Gasteiger partial charge on any atom is -0.495 e. The highest BCUT2D eigenvalue weighted by molar-refractivity contribution is 6.13. The molecule has 3 heterocycles. The molecule has 10 nitrogen and oxygen atoms in total. The monoisotopic (exact) mass is 544 g/mol. The predicted molar refractivity (Wildman–Crippen MR) is 140 cm³/mol. The van der Waals surface area contributed by atoms with Crippen molar-refractivity contribution in [2.75, 3.05) is 31.0 Å². The molecule has 0 saturated heterocycles. The zero-order chi connectivity index (χ0) is 28.4. The summed E-state index contributed by atoms with van der Waals surface area (Å²) in [6, 6.07) is 15.9. The van der Waals surface area contributed by atoms with Crippen LogP contribution >= 0.6 is 0 Å². The van der Waals surface area contributed by atoms with Crippen molar-refractivity contribution in [3.8, 4) is 17.7 Å². The van der Waals surface area contributed by atoms with E-state index < -0.39 is 23.4 Å². The third-order valence-corrected chi connectivity index (χ3v) is 6.45. The Labute approximate surface area is 227 Å². The van der Waals surface area contributed by atoms with Gasteiger partial charge in [0, 0.05) is 29.4 Å². The number of nitrogens with zero attached hydrogens (tertiary/aromatic N) is 5. The molecule has 0 fully saturated rings. The Morgan fingerprint density at radius 3 is 2.55 bits per heavy atom. The zero-order valence-corrected chi connectivity index (χ0v) is 21.4. The molecule has 0 unspecified atom stereocenters. The molecular formula is C28H22F2N6O4. The predicted octanol–water partition coefficient (Wildman–Crippen LogP) is 4.22. The van der Waals surface area contributed by atoms with E-state index in [0.717, 1.165) is 0 Å². The summed E-state index contributed by atoms with van der Waals surface area (Å²) in [5.74, 6) is -3.99. The number of anilines is 2. The third kappa shape index (κ3) is 4.69. The molecule has 202 valence electrons. The largest absolute Gasteiger partial charge is 0.495 e. The first-order valence-electron chi connectivity index (χ1n) is 12.0. The first-order chi connectivity index (χ1) is 19.3. The highest BCUT2D eigenvalue weighted by Crippen LogP contribution is 2.36. The van der Waals surface area contributed by atoms with Gasteiger partial charge in [-0.05, 0) is 36.4 Å². The van der Waals surface area contributed by atoms with E-state index in [1.807, 2.05) is 6.07 Å². The second-order valence-electron chi connectivity index (χ2n) is 8.75. The van der Waals surface area contributed by atoms with Crippen LogP contribution in [0.1, 0.15) is 37.7 Å². The molecule has 0 aliphatic carbocycles. The van der Waals surface area contributed by atoms with Crippen molar-refractivity contribution in [2.24, 2.45) is 0 Å². The molecule has 1 aliphatic heterocycles. The molecule has 0 atom stereocenters. The SMILES string of the molecule is COc1cccc(C(F)(F)c2ccc(N3CCn4ncc(NC(=O)c5ccc(OC)c(C#N)c5)c4C3=O)cc2)n1. The van der Waals surface area contributed by atoms with E-state index in [0.29, 0.717) is 18.0 Å². The van der Waals surface area contributed by atoms with E-state index >= 15 is 8.78 Å². The summed E-state index contributed by atoms with van der Waals surface area (Å²) in [5, 5.41) is 16.2. The van der Waals surface area contributed by atoms with Gasteiger partial charge in [0.15, 0.2) is 0 Å². The number of rotatable bonds is 7. The summed E-state index contributed by atoms with van der Waals surface area (Å²) in [7, 11) is 2.77. The standard InChI is InChI=1S/C28H22F2N6O4/c1-39-22-11-6-17(14-18(22)15-31)26(37)33-21-16-32-36-13-12-35(27(38)25(21)36)20-9-7-19(8-10-20)28(29,30)23-4-3-5-24(34-23)40-2/h3-11,14,16H,12-13H2,1-2H3,(H,33,37). The number of carbonyl (C=O) groups is 2. The van der Waals surface area contributed by atoms with Gasteiger partial charge in [0.25, 0.3) is 11.8 Å². The highest BCUT2D eigenvalue weighted by atomic mass is 19.3. The van der Waals surface area contributed by atoms with Crippen molar-refractivity contribution in [1.29, 1.82) is 5.26 Å². The molecule has 2 amide bonds. The second-order valence-corrected chi connectivity index (χ2v) is 8.75. The average molecular weight is 545 g/mol. The van der Waals surface area contributed by atoms with Crippen LogP contribution in [0, 0.1) is 11.3 Å². The Hall–Kier alpha value is -5.31. The van der Waals surface area contributed by atoms with Crippen LogP contribution in [0.15, 0.2) is 66.9 Å². The molecule has 1 aliphatic rings. The number of nitriles is 1. The fourth-order valence-corrected chi connectivity index (χ4v) is 4.38. The van der Waals surface area contributed by atoms with E-state index in [-0.39, 0.29) is 40.5 Å². The number of fused-ring (bicyclic) bond motifs is 1. The Kier molecular flexibility index (Phi) is 6.87. The number of halogens is 2. The topological polar surface area (TPSA) is 122 Å². The summed E-state index contributed by atoms with van der Waals surface area (Å²) in [5.41, 5.74) is 0.351. The van der Waals surface area contributed by atoms with Gasteiger partial charge in [-0.15, -0.1) is 0 Å². The molecule has 2 aromatic carbocycles. The van der Waals surface area contributed by atoms with Gasteiger partial charge in [-0.25, -0.2) is 4.98 Å². The molecule has 40 heavy (non-hydrogen) atoms. The van der Waals surface area contributed by atoms with Crippen LogP contribution in [0.2, 0.25) is 0 Å². The van der Waals surface area contributed by atoms with Crippen molar-refractivity contribution in [3.63, 3.8) is 0 Å². The lowest BCUT2D eigenvalue weighted by molar-refractivity contribution is 0.0374. The molecule has 4 aromatic rings. The van der Waals surface area contributed by atoms with Crippen molar-refractivity contribution in [1.82, 2.24) is 14.8 Å². The zero-order valence-electron chi connectivity index (χ0n) is 21.4.